The number of anilines is 2. The summed E-state index contributed by atoms with van der Waals surface area (Å²) in [7, 11) is -3.69. The zero-order valence-electron chi connectivity index (χ0n) is 11.5. The van der Waals surface area contributed by atoms with Crippen LogP contribution >= 0.6 is 0 Å². The van der Waals surface area contributed by atoms with E-state index in [0.29, 0.717) is 23.4 Å². The van der Waals surface area contributed by atoms with E-state index in [1.54, 1.807) is 43.3 Å². The van der Waals surface area contributed by atoms with Gasteiger partial charge >= 0.3 is 0 Å². The van der Waals surface area contributed by atoms with Crippen molar-refractivity contribution >= 4 is 21.4 Å². The van der Waals surface area contributed by atoms with Crippen LogP contribution in [0, 0.1) is 18.3 Å². The zero-order chi connectivity index (χ0) is 15.5. The van der Waals surface area contributed by atoms with E-state index in [4.69, 9.17) is 11.0 Å². The van der Waals surface area contributed by atoms with Gasteiger partial charge in [-0.05, 0) is 42.3 Å². The van der Waals surface area contributed by atoms with Crippen LogP contribution in [0.5, 0.6) is 0 Å². The Labute approximate surface area is 124 Å². The molecule has 0 fully saturated rings. The molecule has 2 aromatic carbocycles. The second-order valence-electron chi connectivity index (χ2n) is 4.61. The molecule has 3 N–H and O–H groups in total. The second-order valence-corrected chi connectivity index (χ2v) is 6.26. The number of rotatable bonds is 4. The summed E-state index contributed by atoms with van der Waals surface area (Å²) in [6, 6.07) is 13.5. The van der Waals surface area contributed by atoms with Crippen molar-refractivity contribution in [2.24, 2.45) is 0 Å². The van der Waals surface area contributed by atoms with Crippen molar-refractivity contribution in [2.75, 3.05) is 10.5 Å². The quantitative estimate of drug-likeness (QED) is 0.848. The molecule has 108 valence electrons. The number of benzene rings is 2. The summed E-state index contributed by atoms with van der Waals surface area (Å²) >= 11 is 0. The molecule has 5 nitrogen and oxygen atoms in total. The molecular formula is C15H15N3O2S. The van der Waals surface area contributed by atoms with Crippen molar-refractivity contribution in [1.29, 1.82) is 5.26 Å². The van der Waals surface area contributed by atoms with Gasteiger partial charge in [0, 0.05) is 11.4 Å². The first-order valence-corrected chi connectivity index (χ1v) is 7.76. The van der Waals surface area contributed by atoms with E-state index < -0.39 is 10.0 Å². The lowest BCUT2D eigenvalue weighted by molar-refractivity contribution is 0.600. The van der Waals surface area contributed by atoms with Gasteiger partial charge in [0.25, 0.3) is 10.0 Å². The largest absolute Gasteiger partial charge is 0.398 e. The minimum absolute atomic E-state index is 0.156. The highest BCUT2D eigenvalue weighted by atomic mass is 32.2. The van der Waals surface area contributed by atoms with E-state index in [2.05, 4.69) is 4.72 Å². The van der Waals surface area contributed by atoms with E-state index in [1.807, 2.05) is 6.07 Å². The summed E-state index contributed by atoms with van der Waals surface area (Å²) in [6.45, 7) is 1.67. The van der Waals surface area contributed by atoms with Gasteiger partial charge in [0.2, 0.25) is 0 Å². The molecule has 0 saturated carbocycles. The van der Waals surface area contributed by atoms with Gasteiger partial charge in [0.05, 0.1) is 17.4 Å². The summed E-state index contributed by atoms with van der Waals surface area (Å²) < 4.78 is 27.2. The molecule has 0 unspecified atom stereocenters. The van der Waals surface area contributed by atoms with Gasteiger partial charge in [0.1, 0.15) is 0 Å². The number of nitriles is 1. The Kier molecular flexibility index (Phi) is 4.15. The fraction of sp³-hybridized carbons (Fsp3) is 0.133. The van der Waals surface area contributed by atoms with E-state index >= 15 is 0 Å². The molecular weight excluding hydrogens is 286 g/mol. The van der Waals surface area contributed by atoms with E-state index in [9.17, 15) is 8.42 Å². The number of nitrogens with zero attached hydrogens (tertiary/aromatic N) is 1. The van der Waals surface area contributed by atoms with Gasteiger partial charge in [0.15, 0.2) is 0 Å². The van der Waals surface area contributed by atoms with Gasteiger partial charge in [-0.25, -0.2) is 8.42 Å². The number of nitrogens with one attached hydrogen (secondary N) is 1. The Bertz CT molecular complexity index is 791. The third kappa shape index (κ3) is 3.33. The van der Waals surface area contributed by atoms with E-state index in [0.717, 1.165) is 5.56 Å². The predicted molar refractivity (Wildman–Crippen MR) is 82.2 cm³/mol. The first-order chi connectivity index (χ1) is 9.94. The summed E-state index contributed by atoms with van der Waals surface area (Å²) in [4.78, 5) is 0.156. The monoisotopic (exact) mass is 301 g/mol. The van der Waals surface area contributed by atoms with Crippen molar-refractivity contribution in [3.05, 3.63) is 53.6 Å². The zero-order valence-corrected chi connectivity index (χ0v) is 12.3. The van der Waals surface area contributed by atoms with Crippen LogP contribution in [-0.4, -0.2) is 8.42 Å². The van der Waals surface area contributed by atoms with Gasteiger partial charge in [-0.3, -0.25) is 4.72 Å². The lowest BCUT2D eigenvalue weighted by Crippen LogP contribution is -2.14. The highest BCUT2D eigenvalue weighted by molar-refractivity contribution is 7.92. The van der Waals surface area contributed by atoms with Crippen molar-refractivity contribution in [3.8, 4) is 6.07 Å². The molecule has 6 heteroatoms. The summed E-state index contributed by atoms with van der Waals surface area (Å²) in [5.41, 5.74) is 7.97. The first-order valence-electron chi connectivity index (χ1n) is 6.28. The average molecular weight is 301 g/mol. The maximum Gasteiger partial charge on any atom is 0.262 e. The van der Waals surface area contributed by atoms with Gasteiger partial charge in [-0.15, -0.1) is 0 Å². The average Bonchev–Trinajstić information content (AvgIpc) is 2.44. The minimum atomic E-state index is -3.69. The number of hydrogen-bond donors (Lipinski definition) is 2. The number of nitrogens with two attached hydrogens (primary N) is 1. The minimum Gasteiger partial charge on any atom is -0.398 e. The van der Waals surface area contributed by atoms with Crippen LogP contribution in [0.15, 0.2) is 47.4 Å². The molecule has 2 aromatic rings. The van der Waals surface area contributed by atoms with Crippen LogP contribution in [0.1, 0.15) is 11.1 Å². The van der Waals surface area contributed by atoms with E-state index in [-0.39, 0.29) is 4.90 Å². The molecule has 0 aliphatic heterocycles. The standard InChI is InChI=1S/C15H15N3O2S/c1-11-14(17)3-2-4-15(11)21(19,20)18-13-7-5-12(6-8-13)9-10-16/h2-8,18H,9,17H2,1H3. The molecule has 21 heavy (non-hydrogen) atoms. The third-order valence-corrected chi connectivity index (χ3v) is 4.63. The van der Waals surface area contributed by atoms with E-state index in [1.165, 1.54) is 6.07 Å². The number of nitrogen functional groups attached to an aromatic ring is 1. The summed E-state index contributed by atoms with van der Waals surface area (Å²) in [5, 5.41) is 8.61. The van der Waals surface area contributed by atoms with Crippen LogP contribution in [0.4, 0.5) is 11.4 Å². The van der Waals surface area contributed by atoms with Crippen molar-refractivity contribution in [2.45, 2.75) is 18.2 Å². The molecule has 0 amide bonds. The second kappa shape index (κ2) is 5.85. The van der Waals surface area contributed by atoms with Gasteiger partial charge in [-0.1, -0.05) is 18.2 Å². The molecule has 0 bridgehead atoms. The fourth-order valence-electron chi connectivity index (χ4n) is 1.91. The smallest absolute Gasteiger partial charge is 0.262 e. The Hall–Kier alpha value is -2.52. The van der Waals surface area contributed by atoms with Crippen LogP contribution in [-0.2, 0) is 16.4 Å². The molecule has 0 heterocycles. The van der Waals surface area contributed by atoms with Crippen LogP contribution < -0.4 is 10.5 Å². The van der Waals surface area contributed by atoms with Crippen LogP contribution in [0.25, 0.3) is 0 Å². The summed E-state index contributed by atoms with van der Waals surface area (Å²) in [5.74, 6) is 0. The van der Waals surface area contributed by atoms with Gasteiger partial charge < -0.3 is 5.73 Å². The van der Waals surface area contributed by atoms with Crippen molar-refractivity contribution in [1.82, 2.24) is 0 Å². The Morgan fingerprint density at radius 3 is 2.48 bits per heavy atom. The highest BCUT2D eigenvalue weighted by Gasteiger charge is 2.17. The molecule has 0 aromatic heterocycles. The lowest BCUT2D eigenvalue weighted by atomic mass is 10.1. The molecule has 0 aliphatic carbocycles. The summed E-state index contributed by atoms with van der Waals surface area (Å²) in [6.07, 6.45) is 0.293. The molecule has 0 spiro atoms. The number of hydrogen-bond acceptors (Lipinski definition) is 4. The van der Waals surface area contributed by atoms with Crippen LogP contribution in [0.3, 0.4) is 0 Å². The van der Waals surface area contributed by atoms with Crippen molar-refractivity contribution in [3.63, 3.8) is 0 Å². The molecule has 2 rings (SSSR count). The topological polar surface area (TPSA) is 96.0 Å². The molecule has 0 aliphatic rings. The Morgan fingerprint density at radius 2 is 1.86 bits per heavy atom. The predicted octanol–water partition coefficient (Wildman–Crippen LogP) is 2.44. The molecule has 0 radical (unpaired) electrons. The van der Waals surface area contributed by atoms with Gasteiger partial charge in [-0.2, -0.15) is 5.26 Å². The Morgan fingerprint density at radius 1 is 1.19 bits per heavy atom. The maximum absolute atomic E-state index is 12.4. The first kappa shape index (κ1) is 14.9. The highest BCUT2D eigenvalue weighted by Crippen LogP contribution is 2.23. The third-order valence-electron chi connectivity index (χ3n) is 3.10. The number of sulfonamides is 1. The molecule has 0 atom stereocenters. The van der Waals surface area contributed by atoms with Crippen molar-refractivity contribution < 1.29 is 8.42 Å². The molecule has 0 saturated heterocycles. The van der Waals surface area contributed by atoms with Crippen LogP contribution in [0.2, 0.25) is 0 Å². The normalized spacial score (nSPS) is 10.9. The fourth-order valence-corrected chi connectivity index (χ4v) is 3.25. The SMILES string of the molecule is Cc1c(N)cccc1S(=O)(=O)Nc1ccc(CC#N)cc1. The Balaban J connectivity index is 2.29. The maximum atomic E-state index is 12.4. The lowest BCUT2D eigenvalue weighted by Gasteiger charge is -2.11.